The molecule has 1 aliphatic carbocycles. The van der Waals surface area contributed by atoms with Gasteiger partial charge in [-0.3, -0.25) is 0 Å². The predicted molar refractivity (Wildman–Crippen MR) is 74.1 cm³/mol. The Morgan fingerprint density at radius 2 is 2.28 bits per heavy atom. The van der Waals surface area contributed by atoms with Crippen molar-refractivity contribution in [3.05, 3.63) is 23.1 Å². The number of nitrogens with zero attached hydrogens (tertiary/aromatic N) is 3. The summed E-state index contributed by atoms with van der Waals surface area (Å²) in [6.07, 6.45) is 5.58. The van der Waals surface area contributed by atoms with Crippen LogP contribution in [0.1, 0.15) is 38.1 Å². The molecule has 0 radical (unpaired) electrons. The number of aromatic nitrogens is 3. The van der Waals surface area contributed by atoms with Crippen molar-refractivity contribution in [2.75, 3.05) is 0 Å². The van der Waals surface area contributed by atoms with Crippen LogP contribution >= 0.6 is 23.2 Å². The zero-order valence-electron chi connectivity index (χ0n) is 10.2. The van der Waals surface area contributed by atoms with Gasteiger partial charge in [-0.15, -0.1) is 11.6 Å². The molecule has 3 rings (SSSR count). The zero-order chi connectivity index (χ0) is 12.7. The van der Waals surface area contributed by atoms with Crippen LogP contribution in [0.3, 0.4) is 0 Å². The summed E-state index contributed by atoms with van der Waals surface area (Å²) in [5.41, 5.74) is 1.73. The number of pyridine rings is 1. The van der Waals surface area contributed by atoms with E-state index in [4.69, 9.17) is 23.2 Å². The normalized spacial score (nSPS) is 17.9. The van der Waals surface area contributed by atoms with E-state index in [0.717, 1.165) is 22.9 Å². The first-order chi connectivity index (χ1) is 8.70. The summed E-state index contributed by atoms with van der Waals surface area (Å²) in [4.78, 5) is 8.96. The van der Waals surface area contributed by atoms with Gasteiger partial charge >= 0.3 is 0 Å². The lowest BCUT2D eigenvalue weighted by atomic mass is 9.80. The second-order valence-electron chi connectivity index (χ2n) is 4.96. The van der Waals surface area contributed by atoms with Crippen molar-refractivity contribution in [3.63, 3.8) is 0 Å². The number of halogens is 2. The van der Waals surface area contributed by atoms with Gasteiger partial charge < -0.3 is 4.57 Å². The van der Waals surface area contributed by atoms with Crippen LogP contribution in [0.4, 0.5) is 0 Å². The number of alkyl halides is 1. The Balaban J connectivity index is 2.12. The third-order valence-electron chi connectivity index (χ3n) is 3.93. The number of hydrogen-bond donors (Lipinski definition) is 0. The third-order valence-corrected chi connectivity index (χ3v) is 4.37. The highest BCUT2D eigenvalue weighted by atomic mass is 35.5. The van der Waals surface area contributed by atoms with Crippen molar-refractivity contribution < 1.29 is 0 Å². The van der Waals surface area contributed by atoms with Gasteiger partial charge in [0.1, 0.15) is 11.3 Å². The number of imidazole rings is 1. The predicted octanol–water partition coefficient (Wildman–Crippen LogP) is 4.18. The molecule has 0 amide bonds. The minimum Gasteiger partial charge on any atom is -0.309 e. The van der Waals surface area contributed by atoms with Crippen molar-refractivity contribution in [2.24, 2.45) is 5.92 Å². The van der Waals surface area contributed by atoms with E-state index in [0.29, 0.717) is 16.9 Å². The molecule has 5 heteroatoms. The lowest BCUT2D eigenvalue weighted by Crippen LogP contribution is -2.24. The van der Waals surface area contributed by atoms with Crippen LogP contribution in [0, 0.1) is 5.92 Å². The van der Waals surface area contributed by atoms with Gasteiger partial charge in [-0.2, -0.15) is 0 Å². The van der Waals surface area contributed by atoms with Crippen molar-refractivity contribution in [3.8, 4) is 0 Å². The molecule has 0 aromatic carbocycles. The van der Waals surface area contributed by atoms with Crippen molar-refractivity contribution in [2.45, 2.75) is 38.1 Å². The van der Waals surface area contributed by atoms with Gasteiger partial charge in [-0.25, -0.2) is 9.97 Å². The molecular weight excluding hydrogens is 269 g/mol. The Labute approximate surface area is 116 Å². The summed E-state index contributed by atoms with van der Waals surface area (Å²) in [7, 11) is 0. The van der Waals surface area contributed by atoms with Crippen LogP contribution in [-0.2, 0) is 5.88 Å². The van der Waals surface area contributed by atoms with Gasteiger partial charge in [-0.05, 0) is 31.7 Å². The van der Waals surface area contributed by atoms with Gasteiger partial charge in [0, 0.05) is 12.2 Å². The Kier molecular flexibility index (Phi) is 3.20. The molecule has 1 fully saturated rings. The third kappa shape index (κ3) is 1.90. The fraction of sp³-hybridized carbons (Fsp3) is 0.538. The maximum Gasteiger partial charge on any atom is 0.160 e. The first-order valence-electron chi connectivity index (χ1n) is 6.29. The fourth-order valence-corrected chi connectivity index (χ4v) is 3.00. The Bertz CT molecular complexity index is 575. The highest BCUT2D eigenvalue weighted by molar-refractivity contribution is 6.31. The first-order valence-corrected chi connectivity index (χ1v) is 7.20. The monoisotopic (exact) mass is 283 g/mol. The maximum absolute atomic E-state index is 6.01. The fourth-order valence-electron chi connectivity index (χ4n) is 2.66. The van der Waals surface area contributed by atoms with E-state index >= 15 is 0 Å². The number of rotatable bonds is 3. The molecule has 2 heterocycles. The van der Waals surface area contributed by atoms with Crippen LogP contribution in [0.25, 0.3) is 11.2 Å². The summed E-state index contributed by atoms with van der Waals surface area (Å²) in [5.74, 6) is 2.02. The minimum atomic E-state index is 0.408. The van der Waals surface area contributed by atoms with E-state index in [1.165, 1.54) is 19.3 Å². The highest BCUT2D eigenvalue weighted by Gasteiger charge is 2.28. The van der Waals surface area contributed by atoms with Crippen molar-refractivity contribution >= 4 is 34.4 Å². The molecule has 0 bridgehead atoms. The molecule has 1 saturated carbocycles. The lowest BCUT2D eigenvalue weighted by molar-refractivity contribution is 0.223. The molecule has 18 heavy (non-hydrogen) atoms. The number of hydrogen-bond acceptors (Lipinski definition) is 2. The van der Waals surface area contributed by atoms with Crippen LogP contribution in [0.5, 0.6) is 0 Å². The second kappa shape index (κ2) is 4.71. The Morgan fingerprint density at radius 1 is 1.50 bits per heavy atom. The van der Waals surface area contributed by atoms with Gasteiger partial charge in [0.15, 0.2) is 5.65 Å². The lowest BCUT2D eigenvalue weighted by Gasteiger charge is -2.33. The summed E-state index contributed by atoms with van der Waals surface area (Å²) in [5, 5.41) is 0.615. The molecule has 0 aliphatic heterocycles. The summed E-state index contributed by atoms with van der Waals surface area (Å²) in [6.45, 7) is 2.23. The summed E-state index contributed by atoms with van der Waals surface area (Å²) < 4.78 is 2.18. The molecule has 2 aromatic heterocycles. The largest absolute Gasteiger partial charge is 0.309 e. The highest BCUT2D eigenvalue weighted by Crippen LogP contribution is 2.38. The van der Waals surface area contributed by atoms with Crippen molar-refractivity contribution in [1.82, 2.24) is 14.5 Å². The van der Waals surface area contributed by atoms with Gasteiger partial charge in [0.2, 0.25) is 0 Å². The van der Waals surface area contributed by atoms with E-state index < -0.39 is 0 Å². The molecular formula is C13H15Cl2N3. The Hall–Kier alpha value is -0.800. The van der Waals surface area contributed by atoms with Gasteiger partial charge in [0.05, 0.1) is 10.9 Å². The SMILES string of the molecule is CC(C1CCC1)n1c(CCl)nc2cc(Cl)cnc21. The van der Waals surface area contributed by atoms with Crippen LogP contribution in [0.2, 0.25) is 5.02 Å². The smallest absolute Gasteiger partial charge is 0.160 e. The zero-order valence-corrected chi connectivity index (χ0v) is 11.7. The van der Waals surface area contributed by atoms with Crippen molar-refractivity contribution in [1.29, 1.82) is 0 Å². The van der Waals surface area contributed by atoms with E-state index in [2.05, 4.69) is 21.5 Å². The molecule has 1 aliphatic rings. The number of fused-ring (bicyclic) bond motifs is 1. The standard InChI is InChI=1S/C13H15Cl2N3/c1-8(9-3-2-4-9)18-12(6-14)17-11-5-10(15)7-16-13(11)18/h5,7-9H,2-4,6H2,1H3. The molecule has 3 nitrogen and oxygen atoms in total. The van der Waals surface area contributed by atoms with Crippen LogP contribution in [-0.4, -0.2) is 14.5 Å². The van der Waals surface area contributed by atoms with E-state index in [9.17, 15) is 0 Å². The van der Waals surface area contributed by atoms with Crippen LogP contribution in [0.15, 0.2) is 12.3 Å². The topological polar surface area (TPSA) is 30.7 Å². The molecule has 96 valence electrons. The van der Waals surface area contributed by atoms with E-state index in [1.54, 1.807) is 6.20 Å². The maximum atomic E-state index is 6.01. The Morgan fingerprint density at radius 3 is 2.89 bits per heavy atom. The molecule has 0 spiro atoms. The van der Waals surface area contributed by atoms with Crippen LogP contribution < -0.4 is 0 Å². The second-order valence-corrected chi connectivity index (χ2v) is 5.66. The average Bonchev–Trinajstić information content (AvgIpc) is 2.63. The molecule has 1 atom stereocenters. The summed E-state index contributed by atoms with van der Waals surface area (Å²) >= 11 is 12.0. The van der Waals surface area contributed by atoms with Gasteiger partial charge in [-0.1, -0.05) is 18.0 Å². The van der Waals surface area contributed by atoms with E-state index in [-0.39, 0.29) is 0 Å². The minimum absolute atomic E-state index is 0.408. The van der Waals surface area contributed by atoms with Gasteiger partial charge in [0.25, 0.3) is 0 Å². The molecule has 2 aromatic rings. The average molecular weight is 284 g/mol. The summed E-state index contributed by atoms with van der Waals surface area (Å²) in [6, 6.07) is 2.26. The molecule has 0 saturated heterocycles. The molecule has 1 unspecified atom stereocenters. The van der Waals surface area contributed by atoms with E-state index in [1.807, 2.05) is 6.07 Å². The first kappa shape index (κ1) is 12.2. The molecule has 0 N–H and O–H groups in total. The quantitative estimate of drug-likeness (QED) is 0.791.